The van der Waals surface area contributed by atoms with E-state index in [1.807, 2.05) is 13.8 Å². The lowest BCUT2D eigenvalue weighted by Gasteiger charge is -2.19. The van der Waals surface area contributed by atoms with E-state index in [0.29, 0.717) is 5.56 Å². The molecule has 3 N–H and O–H groups in total. The number of hydrogen-bond donors (Lipinski definition) is 3. The van der Waals surface area contributed by atoms with E-state index in [0.717, 1.165) is 12.8 Å². The fourth-order valence-corrected chi connectivity index (χ4v) is 1.78. The van der Waals surface area contributed by atoms with Gasteiger partial charge in [-0.25, -0.2) is 9.59 Å². The van der Waals surface area contributed by atoms with Gasteiger partial charge in [-0.05, 0) is 18.4 Å². The van der Waals surface area contributed by atoms with Crippen LogP contribution in [0.15, 0.2) is 30.3 Å². The van der Waals surface area contributed by atoms with Crippen molar-refractivity contribution in [2.75, 3.05) is 0 Å². The number of benzene rings is 1. The van der Waals surface area contributed by atoms with E-state index in [2.05, 4.69) is 10.6 Å². The molecule has 0 aliphatic heterocycles. The van der Waals surface area contributed by atoms with Crippen LogP contribution in [-0.4, -0.2) is 23.1 Å². The van der Waals surface area contributed by atoms with Gasteiger partial charge in [0, 0.05) is 6.04 Å². The van der Waals surface area contributed by atoms with Crippen molar-refractivity contribution >= 4 is 12.0 Å². The van der Waals surface area contributed by atoms with Crippen LogP contribution in [0.3, 0.4) is 0 Å². The van der Waals surface area contributed by atoms with Crippen molar-refractivity contribution in [3.05, 3.63) is 35.9 Å². The van der Waals surface area contributed by atoms with Crippen molar-refractivity contribution in [1.82, 2.24) is 10.6 Å². The number of amides is 2. The normalized spacial score (nSPS) is 11.9. The summed E-state index contributed by atoms with van der Waals surface area (Å²) in [5.41, 5.74) is 0.551. The highest BCUT2D eigenvalue weighted by Gasteiger charge is 2.22. The zero-order valence-corrected chi connectivity index (χ0v) is 11.2. The van der Waals surface area contributed by atoms with Gasteiger partial charge in [-0.15, -0.1) is 0 Å². The van der Waals surface area contributed by atoms with Gasteiger partial charge in [0.15, 0.2) is 6.04 Å². The van der Waals surface area contributed by atoms with E-state index in [9.17, 15) is 14.7 Å². The van der Waals surface area contributed by atoms with Gasteiger partial charge in [-0.2, -0.15) is 0 Å². The average Bonchev–Trinajstić information content (AvgIpc) is 2.42. The van der Waals surface area contributed by atoms with Gasteiger partial charge < -0.3 is 15.7 Å². The Morgan fingerprint density at radius 2 is 1.68 bits per heavy atom. The lowest BCUT2D eigenvalue weighted by molar-refractivity contribution is -0.139. The maximum Gasteiger partial charge on any atom is 0.330 e. The highest BCUT2D eigenvalue weighted by molar-refractivity contribution is 5.83. The Labute approximate surface area is 113 Å². The first kappa shape index (κ1) is 15.0. The second kappa shape index (κ2) is 7.41. The van der Waals surface area contributed by atoms with Crippen molar-refractivity contribution in [2.45, 2.75) is 38.8 Å². The highest BCUT2D eigenvalue weighted by atomic mass is 16.4. The molecular formula is C14H20N2O3. The summed E-state index contributed by atoms with van der Waals surface area (Å²) in [6, 6.07) is 7.21. The summed E-state index contributed by atoms with van der Waals surface area (Å²) in [6.07, 6.45) is 1.62. The van der Waals surface area contributed by atoms with Gasteiger partial charge >= 0.3 is 12.0 Å². The van der Waals surface area contributed by atoms with Crippen LogP contribution in [0.25, 0.3) is 0 Å². The van der Waals surface area contributed by atoms with Crippen LogP contribution < -0.4 is 10.6 Å². The standard InChI is InChI=1S/C14H20N2O3/c1-3-11(4-2)15-14(19)16-12(13(17)18)10-8-6-5-7-9-10/h5-9,11-12H,3-4H2,1-2H3,(H,17,18)(H2,15,16,19)/t12-/m0/s1. The van der Waals surface area contributed by atoms with Crippen molar-refractivity contribution in [2.24, 2.45) is 0 Å². The van der Waals surface area contributed by atoms with E-state index in [1.165, 1.54) is 0 Å². The zero-order valence-electron chi connectivity index (χ0n) is 11.2. The average molecular weight is 264 g/mol. The largest absolute Gasteiger partial charge is 0.479 e. The summed E-state index contributed by atoms with van der Waals surface area (Å²) in [7, 11) is 0. The summed E-state index contributed by atoms with van der Waals surface area (Å²) in [5.74, 6) is -1.08. The minimum Gasteiger partial charge on any atom is -0.479 e. The third-order valence-corrected chi connectivity index (χ3v) is 2.98. The van der Waals surface area contributed by atoms with Gasteiger partial charge in [0.05, 0.1) is 0 Å². The number of hydrogen-bond acceptors (Lipinski definition) is 2. The number of urea groups is 1. The van der Waals surface area contributed by atoms with Crippen molar-refractivity contribution in [1.29, 1.82) is 0 Å². The second-order valence-corrected chi connectivity index (χ2v) is 4.31. The summed E-state index contributed by atoms with van der Waals surface area (Å²) >= 11 is 0. The van der Waals surface area contributed by atoms with Crippen LogP contribution in [0.4, 0.5) is 4.79 Å². The third-order valence-electron chi connectivity index (χ3n) is 2.98. The molecule has 2 amide bonds. The first-order valence-corrected chi connectivity index (χ1v) is 6.43. The molecule has 0 aliphatic rings. The minimum absolute atomic E-state index is 0.0604. The maximum absolute atomic E-state index is 11.8. The topological polar surface area (TPSA) is 78.4 Å². The molecule has 0 saturated heterocycles. The minimum atomic E-state index is -1.08. The summed E-state index contributed by atoms with van der Waals surface area (Å²) in [5, 5.41) is 14.4. The van der Waals surface area contributed by atoms with Gasteiger partial charge in [-0.3, -0.25) is 0 Å². The van der Waals surface area contributed by atoms with E-state index >= 15 is 0 Å². The van der Waals surface area contributed by atoms with Crippen LogP contribution in [0, 0.1) is 0 Å². The van der Waals surface area contributed by atoms with Crippen LogP contribution >= 0.6 is 0 Å². The molecule has 1 atom stereocenters. The van der Waals surface area contributed by atoms with Gasteiger partial charge in [-0.1, -0.05) is 44.2 Å². The molecular weight excluding hydrogens is 244 g/mol. The van der Waals surface area contributed by atoms with Crippen molar-refractivity contribution in [3.8, 4) is 0 Å². The third kappa shape index (κ3) is 4.62. The molecule has 0 aliphatic carbocycles. The molecule has 0 heterocycles. The Morgan fingerprint density at radius 3 is 2.16 bits per heavy atom. The molecule has 104 valence electrons. The molecule has 0 unspecified atom stereocenters. The first-order valence-electron chi connectivity index (χ1n) is 6.43. The Morgan fingerprint density at radius 1 is 1.11 bits per heavy atom. The smallest absolute Gasteiger partial charge is 0.330 e. The Hall–Kier alpha value is -2.04. The van der Waals surface area contributed by atoms with Crippen molar-refractivity contribution < 1.29 is 14.7 Å². The summed E-state index contributed by atoms with van der Waals surface area (Å²) in [6.45, 7) is 3.95. The van der Waals surface area contributed by atoms with E-state index in [1.54, 1.807) is 30.3 Å². The van der Waals surface area contributed by atoms with Crippen molar-refractivity contribution in [3.63, 3.8) is 0 Å². The number of carbonyl (C=O) groups excluding carboxylic acids is 1. The number of carbonyl (C=O) groups is 2. The Balaban J connectivity index is 2.70. The molecule has 0 aromatic heterocycles. The lowest BCUT2D eigenvalue weighted by atomic mass is 10.1. The Kier molecular flexibility index (Phi) is 5.85. The Bertz CT molecular complexity index is 416. The predicted octanol–water partition coefficient (Wildman–Crippen LogP) is 2.30. The fraction of sp³-hybridized carbons (Fsp3) is 0.429. The maximum atomic E-state index is 11.8. The number of carboxylic acid groups (broad SMARTS) is 1. The molecule has 0 saturated carbocycles. The van der Waals surface area contributed by atoms with Gasteiger partial charge in [0.25, 0.3) is 0 Å². The number of carboxylic acids is 1. The van der Waals surface area contributed by atoms with Crippen LogP contribution in [0.1, 0.15) is 38.3 Å². The van der Waals surface area contributed by atoms with Gasteiger partial charge in [0.1, 0.15) is 0 Å². The zero-order chi connectivity index (χ0) is 14.3. The lowest BCUT2D eigenvalue weighted by Crippen LogP contribution is -2.44. The molecule has 1 aromatic carbocycles. The van der Waals surface area contributed by atoms with E-state index in [4.69, 9.17) is 0 Å². The molecule has 0 fully saturated rings. The number of aliphatic carboxylic acids is 1. The quantitative estimate of drug-likeness (QED) is 0.737. The summed E-state index contributed by atoms with van der Waals surface area (Å²) < 4.78 is 0. The summed E-state index contributed by atoms with van der Waals surface area (Å²) in [4.78, 5) is 23.0. The fourth-order valence-electron chi connectivity index (χ4n) is 1.78. The molecule has 0 bridgehead atoms. The van der Waals surface area contributed by atoms with Gasteiger partial charge in [0.2, 0.25) is 0 Å². The highest BCUT2D eigenvalue weighted by Crippen LogP contribution is 2.12. The predicted molar refractivity (Wildman–Crippen MR) is 72.9 cm³/mol. The van der Waals surface area contributed by atoms with Crippen LogP contribution in [0.2, 0.25) is 0 Å². The molecule has 19 heavy (non-hydrogen) atoms. The molecule has 0 spiro atoms. The molecule has 5 heteroatoms. The molecule has 0 radical (unpaired) electrons. The second-order valence-electron chi connectivity index (χ2n) is 4.31. The van der Waals surface area contributed by atoms with Crippen LogP contribution in [0.5, 0.6) is 0 Å². The number of nitrogens with one attached hydrogen (secondary N) is 2. The number of rotatable bonds is 6. The van der Waals surface area contributed by atoms with E-state index < -0.39 is 18.0 Å². The SMILES string of the molecule is CCC(CC)NC(=O)N[C@H](C(=O)O)c1ccccc1. The first-order chi connectivity index (χ1) is 9.08. The van der Waals surface area contributed by atoms with Crippen LogP contribution in [-0.2, 0) is 4.79 Å². The van der Waals surface area contributed by atoms with E-state index in [-0.39, 0.29) is 6.04 Å². The molecule has 1 aromatic rings. The molecule has 5 nitrogen and oxygen atoms in total. The molecule has 1 rings (SSSR count). The monoisotopic (exact) mass is 264 g/mol.